The van der Waals surface area contributed by atoms with Crippen LogP contribution in [0.4, 0.5) is 22.2 Å². The topological polar surface area (TPSA) is 79.4 Å². The molecule has 1 aliphatic heterocycles. The second-order valence-electron chi connectivity index (χ2n) is 6.79. The summed E-state index contributed by atoms with van der Waals surface area (Å²) in [6, 6.07) is 8.34. The van der Waals surface area contributed by atoms with Gasteiger partial charge in [-0.1, -0.05) is 6.07 Å². The maximum Gasteiger partial charge on any atom is 0.409 e. The summed E-state index contributed by atoms with van der Waals surface area (Å²) in [7, 11) is 0. The van der Waals surface area contributed by atoms with Crippen molar-refractivity contribution in [3.05, 3.63) is 41.6 Å². The minimum absolute atomic E-state index is 0.230. The average molecular weight is 369 g/mol. The lowest BCUT2D eigenvalue weighted by Gasteiger charge is -2.31. The van der Waals surface area contributed by atoms with Gasteiger partial charge in [0.1, 0.15) is 5.82 Å². The predicted octanol–water partition coefficient (Wildman–Crippen LogP) is 3.87. The Kier molecular flexibility index (Phi) is 6.11. The summed E-state index contributed by atoms with van der Waals surface area (Å²) in [5.74, 6) is 1.35. The first-order valence-electron chi connectivity index (χ1n) is 9.40. The van der Waals surface area contributed by atoms with Crippen LogP contribution >= 0.6 is 0 Å². The number of amides is 1. The smallest absolute Gasteiger partial charge is 0.409 e. The Labute approximate surface area is 160 Å². The zero-order valence-electron chi connectivity index (χ0n) is 16.2. The molecule has 2 aromatic rings. The highest BCUT2D eigenvalue weighted by Gasteiger charge is 2.23. The molecule has 7 nitrogen and oxygen atoms in total. The number of hydrogen-bond acceptors (Lipinski definition) is 6. The van der Waals surface area contributed by atoms with Gasteiger partial charge in [0, 0.05) is 31.0 Å². The summed E-state index contributed by atoms with van der Waals surface area (Å²) in [6.45, 7) is 7.77. The first-order chi connectivity index (χ1) is 13.0. The van der Waals surface area contributed by atoms with Gasteiger partial charge in [-0.3, -0.25) is 0 Å². The monoisotopic (exact) mass is 369 g/mol. The summed E-state index contributed by atoms with van der Waals surface area (Å²) in [5, 5.41) is 6.70. The first kappa shape index (κ1) is 18.9. The second kappa shape index (κ2) is 8.70. The number of likely N-dealkylation sites (tertiary alicyclic amines) is 1. The number of aryl methyl sites for hydroxylation is 2. The molecule has 2 heterocycles. The van der Waals surface area contributed by atoms with Crippen LogP contribution in [-0.4, -0.2) is 46.7 Å². The van der Waals surface area contributed by atoms with E-state index in [0.717, 1.165) is 24.3 Å². The van der Waals surface area contributed by atoms with E-state index in [0.29, 0.717) is 25.6 Å². The van der Waals surface area contributed by atoms with Gasteiger partial charge >= 0.3 is 6.09 Å². The number of carbonyl (C=O) groups is 1. The number of piperidine rings is 1. The summed E-state index contributed by atoms with van der Waals surface area (Å²) in [4.78, 5) is 22.4. The van der Waals surface area contributed by atoms with E-state index in [2.05, 4.69) is 46.6 Å². The van der Waals surface area contributed by atoms with Crippen LogP contribution in [0.3, 0.4) is 0 Å². The van der Waals surface area contributed by atoms with Gasteiger partial charge in [-0.25, -0.2) is 9.78 Å². The molecule has 1 aromatic heterocycles. The molecule has 27 heavy (non-hydrogen) atoms. The van der Waals surface area contributed by atoms with Crippen LogP contribution in [0, 0.1) is 13.8 Å². The number of ether oxygens (including phenoxy) is 1. The number of nitrogens with one attached hydrogen (secondary N) is 2. The molecule has 0 radical (unpaired) electrons. The molecule has 1 aliphatic rings. The highest BCUT2D eigenvalue weighted by atomic mass is 16.6. The van der Waals surface area contributed by atoms with Gasteiger partial charge in [-0.15, -0.1) is 0 Å². The molecular formula is C20H27N5O2. The minimum atomic E-state index is -0.230. The molecule has 0 unspecified atom stereocenters. The SMILES string of the molecule is CCOC(=O)N1CCC(Nc2nccc(Nc3ccc(C)c(C)c3)n2)CC1. The highest BCUT2D eigenvalue weighted by Crippen LogP contribution is 2.20. The Morgan fingerprint density at radius 3 is 2.70 bits per heavy atom. The number of rotatable bonds is 5. The number of nitrogens with zero attached hydrogens (tertiary/aromatic N) is 3. The summed E-state index contributed by atoms with van der Waals surface area (Å²) in [5.41, 5.74) is 3.51. The van der Waals surface area contributed by atoms with Crippen LogP contribution in [0.25, 0.3) is 0 Å². The fraction of sp³-hybridized carbons (Fsp3) is 0.450. The van der Waals surface area contributed by atoms with Crippen LogP contribution in [0.2, 0.25) is 0 Å². The molecule has 0 spiro atoms. The quantitative estimate of drug-likeness (QED) is 0.833. The Balaban J connectivity index is 1.56. The maximum atomic E-state index is 11.8. The zero-order chi connectivity index (χ0) is 19.2. The second-order valence-corrected chi connectivity index (χ2v) is 6.79. The Morgan fingerprint density at radius 2 is 2.00 bits per heavy atom. The molecule has 7 heteroatoms. The van der Waals surface area contributed by atoms with Crippen molar-refractivity contribution in [2.45, 2.75) is 39.7 Å². The van der Waals surface area contributed by atoms with Crippen LogP contribution < -0.4 is 10.6 Å². The standard InChI is InChI=1S/C20H27N5O2/c1-4-27-20(26)25-11-8-16(9-12-25)23-19-21-10-7-18(24-19)22-17-6-5-14(2)15(3)13-17/h5-7,10,13,16H,4,8-9,11-12H2,1-3H3,(H2,21,22,23,24). The van der Waals surface area contributed by atoms with Crippen molar-refractivity contribution in [3.8, 4) is 0 Å². The van der Waals surface area contributed by atoms with E-state index >= 15 is 0 Å². The number of aromatic nitrogens is 2. The third-order valence-electron chi connectivity index (χ3n) is 4.79. The predicted molar refractivity (Wildman–Crippen MR) is 106 cm³/mol. The van der Waals surface area contributed by atoms with Crippen LogP contribution in [0.5, 0.6) is 0 Å². The van der Waals surface area contributed by atoms with Crippen LogP contribution in [0.1, 0.15) is 30.9 Å². The molecule has 3 rings (SSSR count). The summed E-state index contributed by atoms with van der Waals surface area (Å²) >= 11 is 0. The molecule has 2 N–H and O–H groups in total. The minimum Gasteiger partial charge on any atom is -0.450 e. The van der Waals surface area contributed by atoms with Gasteiger partial charge in [0.15, 0.2) is 0 Å². The normalized spacial score (nSPS) is 14.7. The average Bonchev–Trinajstić information content (AvgIpc) is 2.66. The Bertz CT molecular complexity index is 788. The molecular weight excluding hydrogens is 342 g/mol. The molecule has 144 valence electrons. The number of benzene rings is 1. The van der Waals surface area contributed by atoms with Crippen molar-refractivity contribution >= 4 is 23.5 Å². The molecule has 1 saturated heterocycles. The van der Waals surface area contributed by atoms with Gasteiger partial charge in [0.05, 0.1) is 6.61 Å². The van der Waals surface area contributed by atoms with E-state index in [1.807, 2.05) is 19.1 Å². The van der Waals surface area contributed by atoms with Gasteiger partial charge in [0.25, 0.3) is 0 Å². The highest BCUT2D eigenvalue weighted by molar-refractivity contribution is 5.67. The van der Waals surface area contributed by atoms with E-state index in [9.17, 15) is 4.79 Å². The van der Waals surface area contributed by atoms with E-state index < -0.39 is 0 Å². The van der Waals surface area contributed by atoms with Crippen LogP contribution in [0.15, 0.2) is 30.5 Å². The molecule has 0 atom stereocenters. The third-order valence-corrected chi connectivity index (χ3v) is 4.79. The number of hydrogen-bond donors (Lipinski definition) is 2. The van der Waals surface area contributed by atoms with E-state index in [1.165, 1.54) is 11.1 Å². The van der Waals surface area contributed by atoms with E-state index in [1.54, 1.807) is 11.1 Å². The lowest BCUT2D eigenvalue weighted by atomic mass is 10.1. The summed E-state index contributed by atoms with van der Waals surface area (Å²) in [6.07, 6.45) is 3.20. The van der Waals surface area contributed by atoms with Crippen molar-refractivity contribution in [2.75, 3.05) is 30.3 Å². The van der Waals surface area contributed by atoms with Gasteiger partial charge in [-0.05, 0) is 62.9 Å². The molecule has 0 aliphatic carbocycles. The third kappa shape index (κ3) is 5.09. The van der Waals surface area contributed by atoms with Crippen molar-refractivity contribution in [3.63, 3.8) is 0 Å². The van der Waals surface area contributed by atoms with E-state index in [-0.39, 0.29) is 12.1 Å². The molecule has 1 aromatic carbocycles. The molecule has 0 bridgehead atoms. The largest absolute Gasteiger partial charge is 0.450 e. The van der Waals surface area contributed by atoms with Crippen molar-refractivity contribution in [1.82, 2.24) is 14.9 Å². The van der Waals surface area contributed by atoms with Crippen molar-refractivity contribution in [1.29, 1.82) is 0 Å². The first-order valence-corrected chi connectivity index (χ1v) is 9.40. The van der Waals surface area contributed by atoms with E-state index in [4.69, 9.17) is 4.74 Å². The lowest BCUT2D eigenvalue weighted by Crippen LogP contribution is -2.42. The van der Waals surface area contributed by atoms with Gasteiger partial charge in [0.2, 0.25) is 5.95 Å². The number of carbonyl (C=O) groups excluding carboxylic acids is 1. The maximum absolute atomic E-state index is 11.8. The lowest BCUT2D eigenvalue weighted by molar-refractivity contribution is 0.0983. The Hall–Kier alpha value is -2.83. The molecule has 1 amide bonds. The van der Waals surface area contributed by atoms with Crippen LogP contribution in [-0.2, 0) is 4.74 Å². The zero-order valence-corrected chi connectivity index (χ0v) is 16.2. The Morgan fingerprint density at radius 1 is 1.22 bits per heavy atom. The van der Waals surface area contributed by atoms with Crippen molar-refractivity contribution in [2.24, 2.45) is 0 Å². The number of anilines is 3. The van der Waals surface area contributed by atoms with Crippen molar-refractivity contribution < 1.29 is 9.53 Å². The van der Waals surface area contributed by atoms with Gasteiger partial charge in [-0.2, -0.15) is 4.98 Å². The molecule has 1 fully saturated rings. The fourth-order valence-corrected chi connectivity index (χ4v) is 3.07. The molecule has 0 saturated carbocycles. The fourth-order valence-electron chi connectivity index (χ4n) is 3.07. The van der Waals surface area contributed by atoms with Gasteiger partial charge < -0.3 is 20.3 Å². The summed E-state index contributed by atoms with van der Waals surface area (Å²) < 4.78 is 5.06.